The molecule has 0 spiro atoms. The van der Waals surface area contributed by atoms with Crippen LogP contribution in [-0.4, -0.2) is 16.9 Å². The molecule has 0 aliphatic rings. The summed E-state index contributed by atoms with van der Waals surface area (Å²) in [5.41, 5.74) is -1.38. The lowest BCUT2D eigenvalue weighted by Gasteiger charge is -2.05. The molecule has 0 aromatic carbocycles. The monoisotopic (exact) mass is 207 g/mol. The first-order chi connectivity index (χ1) is 6.81. The number of carbonyl (C=O) groups is 2. The van der Waals surface area contributed by atoms with Gasteiger partial charge in [0, 0.05) is 6.92 Å². The predicted octanol–water partition coefficient (Wildman–Crippen LogP) is 0.614. The van der Waals surface area contributed by atoms with Crippen molar-refractivity contribution in [3.63, 3.8) is 0 Å². The summed E-state index contributed by atoms with van der Waals surface area (Å²) < 4.78 is 0. The normalized spacial score (nSPS) is 8.20. The number of hydrogen-bond acceptors (Lipinski definition) is 5. The fourth-order valence-electron chi connectivity index (χ4n) is 0.407. The molecular formula is C9H9N3O3. The second kappa shape index (κ2) is 7.06. The Morgan fingerprint density at radius 3 is 1.67 bits per heavy atom. The van der Waals surface area contributed by atoms with Crippen LogP contribution < -0.4 is 0 Å². The third-order valence-corrected chi connectivity index (χ3v) is 1.16. The number of ketones is 1. The van der Waals surface area contributed by atoms with Gasteiger partial charge in [-0.05, 0) is 6.92 Å². The Balaban J connectivity index is 0. The van der Waals surface area contributed by atoms with E-state index in [0.29, 0.717) is 0 Å². The van der Waals surface area contributed by atoms with E-state index in [0.717, 1.165) is 0 Å². The molecule has 0 aliphatic heterocycles. The van der Waals surface area contributed by atoms with Gasteiger partial charge in [0.15, 0.2) is 5.41 Å². The fraction of sp³-hybridized carbons (Fsp3) is 0.444. The lowest BCUT2D eigenvalue weighted by molar-refractivity contribution is -0.138. The topological polar surface area (TPSA) is 126 Å². The Kier molecular flexibility index (Phi) is 7.10. The number of carboxylic acid groups (broad SMARTS) is 1. The van der Waals surface area contributed by atoms with Crippen molar-refractivity contribution in [2.45, 2.75) is 20.3 Å². The van der Waals surface area contributed by atoms with Crippen LogP contribution >= 0.6 is 0 Å². The molecule has 0 unspecified atom stereocenters. The van der Waals surface area contributed by atoms with Crippen molar-refractivity contribution < 1.29 is 14.7 Å². The average Bonchev–Trinajstić information content (AvgIpc) is 2.17. The molecule has 0 bridgehead atoms. The van der Waals surface area contributed by atoms with Crippen molar-refractivity contribution in [1.29, 1.82) is 15.8 Å². The van der Waals surface area contributed by atoms with Gasteiger partial charge in [0.25, 0.3) is 0 Å². The highest BCUT2D eigenvalue weighted by Crippen LogP contribution is 2.17. The summed E-state index contributed by atoms with van der Waals surface area (Å²) in [6.07, 6.45) is -0.431. The van der Waals surface area contributed by atoms with E-state index < -0.39 is 23.6 Å². The molecule has 0 aromatic heterocycles. The summed E-state index contributed by atoms with van der Waals surface area (Å²) in [7, 11) is 0. The van der Waals surface area contributed by atoms with E-state index in [1.807, 2.05) is 0 Å². The molecule has 0 saturated carbocycles. The Morgan fingerprint density at radius 2 is 1.60 bits per heavy atom. The second-order valence-electron chi connectivity index (χ2n) is 2.79. The van der Waals surface area contributed by atoms with Gasteiger partial charge in [-0.3, -0.25) is 9.59 Å². The molecule has 6 nitrogen and oxygen atoms in total. The predicted molar refractivity (Wildman–Crippen MR) is 47.9 cm³/mol. The Bertz CT molecular complexity index is 354. The molecule has 0 amide bonds. The number of hydrogen-bond donors (Lipinski definition) is 1. The highest BCUT2D eigenvalue weighted by molar-refractivity contribution is 5.90. The van der Waals surface area contributed by atoms with Crippen LogP contribution in [0.5, 0.6) is 0 Å². The van der Waals surface area contributed by atoms with Gasteiger partial charge in [-0.25, -0.2) is 0 Å². The van der Waals surface area contributed by atoms with Crippen molar-refractivity contribution in [3.8, 4) is 18.2 Å². The fourth-order valence-corrected chi connectivity index (χ4v) is 0.407. The summed E-state index contributed by atoms with van der Waals surface area (Å²) in [6.45, 7) is 2.52. The minimum Gasteiger partial charge on any atom is -0.481 e. The smallest absolute Gasteiger partial charge is 0.306 e. The molecule has 1 N–H and O–H groups in total. The third kappa shape index (κ3) is 9.52. The lowest BCUT2D eigenvalue weighted by atomic mass is 9.91. The van der Waals surface area contributed by atoms with Crippen LogP contribution in [0.15, 0.2) is 0 Å². The van der Waals surface area contributed by atoms with Crippen LogP contribution in [0.4, 0.5) is 0 Å². The number of carbonyl (C=O) groups excluding carboxylic acids is 1. The first-order valence-corrected chi connectivity index (χ1v) is 3.76. The molecule has 0 atom stereocenters. The van der Waals surface area contributed by atoms with Crippen LogP contribution in [-0.2, 0) is 9.59 Å². The van der Waals surface area contributed by atoms with Crippen LogP contribution in [0.1, 0.15) is 20.3 Å². The highest BCUT2D eigenvalue weighted by atomic mass is 16.4. The zero-order valence-electron chi connectivity index (χ0n) is 8.31. The van der Waals surface area contributed by atoms with E-state index in [9.17, 15) is 9.59 Å². The quantitative estimate of drug-likeness (QED) is 0.661. The van der Waals surface area contributed by atoms with E-state index >= 15 is 0 Å². The molecular weight excluding hydrogens is 198 g/mol. The molecule has 15 heavy (non-hydrogen) atoms. The average molecular weight is 207 g/mol. The summed E-state index contributed by atoms with van der Waals surface area (Å²) in [4.78, 5) is 19.5. The molecule has 0 aliphatic carbocycles. The number of nitrogens with zero attached hydrogens (tertiary/aromatic N) is 3. The second-order valence-corrected chi connectivity index (χ2v) is 2.79. The summed E-state index contributed by atoms with van der Waals surface area (Å²) in [5.74, 6) is -1.57. The Morgan fingerprint density at radius 1 is 1.27 bits per heavy atom. The highest BCUT2D eigenvalue weighted by Gasteiger charge is 2.26. The van der Waals surface area contributed by atoms with Gasteiger partial charge in [-0.2, -0.15) is 15.8 Å². The van der Waals surface area contributed by atoms with E-state index in [2.05, 4.69) is 0 Å². The molecule has 0 rings (SSSR count). The number of rotatable bonds is 2. The van der Waals surface area contributed by atoms with E-state index in [1.54, 1.807) is 12.1 Å². The molecule has 0 aromatic rings. The van der Waals surface area contributed by atoms with Crippen LogP contribution in [0.25, 0.3) is 0 Å². The summed E-state index contributed by atoms with van der Waals surface area (Å²) in [5, 5.41) is 32.3. The van der Waals surface area contributed by atoms with E-state index in [4.69, 9.17) is 20.9 Å². The number of nitriles is 3. The van der Waals surface area contributed by atoms with Gasteiger partial charge in [0.2, 0.25) is 5.78 Å². The third-order valence-electron chi connectivity index (χ3n) is 1.16. The van der Waals surface area contributed by atoms with E-state index in [1.165, 1.54) is 19.9 Å². The Hall–Kier alpha value is -2.39. The maximum absolute atomic E-state index is 10.0. The maximum Gasteiger partial charge on any atom is 0.306 e. The largest absolute Gasteiger partial charge is 0.481 e. The van der Waals surface area contributed by atoms with Crippen molar-refractivity contribution in [1.82, 2.24) is 0 Å². The molecule has 0 heterocycles. The van der Waals surface area contributed by atoms with Crippen LogP contribution in [0.2, 0.25) is 0 Å². The lowest BCUT2D eigenvalue weighted by Crippen LogP contribution is -2.15. The first kappa shape index (κ1) is 15.1. The zero-order valence-corrected chi connectivity index (χ0v) is 8.31. The van der Waals surface area contributed by atoms with Crippen LogP contribution in [0.3, 0.4) is 0 Å². The minimum atomic E-state index is -1.38. The van der Waals surface area contributed by atoms with Crippen molar-refractivity contribution in [2.24, 2.45) is 5.41 Å². The molecule has 78 valence electrons. The standard InChI is InChI=1S/C6H6N2O2.C3H3NO/c1-6(3-7,4-8)2-5(9)10;1-3(5)2-4/h2H2,1H3,(H,9,10);1H3. The van der Waals surface area contributed by atoms with Crippen molar-refractivity contribution in [2.75, 3.05) is 0 Å². The van der Waals surface area contributed by atoms with Gasteiger partial charge in [0.05, 0.1) is 18.6 Å². The SMILES string of the molecule is CC(=O)C#N.CC(C#N)(C#N)CC(=O)O. The van der Waals surface area contributed by atoms with Crippen molar-refractivity contribution >= 4 is 11.8 Å². The molecule has 0 fully saturated rings. The maximum atomic E-state index is 10.0. The molecule has 6 heteroatoms. The first-order valence-electron chi connectivity index (χ1n) is 3.76. The number of carboxylic acids is 1. The van der Waals surface area contributed by atoms with E-state index in [-0.39, 0.29) is 0 Å². The summed E-state index contributed by atoms with van der Waals surface area (Å²) in [6, 6.07) is 4.62. The number of Topliss-reactive ketones (excluding diaryl/α,β-unsaturated/α-hetero) is 1. The molecule has 0 saturated heterocycles. The zero-order chi connectivity index (χ0) is 12.5. The van der Waals surface area contributed by atoms with Gasteiger partial charge in [-0.1, -0.05) is 0 Å². The van der Waals surface area contributed by atoms with Crippen LogP contribution in [0, 0.1) is 39.4 Å². The van der Waals surface area contributed by atoms with Gasteiger partial charge in [-0.15, -0.1) is 0 Å². The Labute approximate surface area is 87.0 Å². The van der Waals surface area contributed by atoms with Crippen molar-refractivity contribution in [3.05, 3.63) is 0 Å². The van der Waals surface area contributed by atoms with Gasteiger partial charge < -0.3 is 5.11 Å². The van der Waals surface area contributed by atoms with Gasteiger partial charge >= 0.3 is 5.97 Å². The van der Waals surface area contributed by atoms with Gasteiger partial charge in [0.1, 0.15) is 6.07 Å². The molecule has 0 radical (unpaired) electrons. The number of aliphatic carboxylic acids is 1. The minimum absolute atomic E-state index is 0.431. The summed E-state index contributed by atoms with van der Waals surface area (Å²) >= 11 is 0.